The standard InChI is InChI=1S/C8H18O3.C8H18O/c1-2-3-5-10-7-8-11-6-4-9;1-2-3-4-5-6-7-8-9/h9H,2-8H2,1H3;9H,2-8H2,1H3. The molecule has 0 aliphatic rings. The van der Waals surface area contributed by atoms with Gasteiger partial charge < -0.3 is 19.7 Å². The first-order chi connectivity index (χ1) is 9.83. The lowest BCUT2D eigenvalue weighted by molar-refractivity contribution is 0.0324. The molecule has 0 aliphatic heterocycles. The van der Waals surface area contributed by atoms with Crippen LogP contribution in [0.15, 0.2) is 0 Å². The van der Waals surface area contributed by atoms with E-state index in [1.165, 1.54) is 32.1 Å². The number of unbranched alkanes of at least 4 members (excludes halogenated alkanes) is 6. The monoisotopic (exact) mass is 292 g/mol. The number of aliphatic hydroxyl groups is 2. The van der Waals surface area contributed by atoms with Gasteiger partial charge in [-0.15, -0.1) is 0 Å². The van der Waals surface area contributed by atoms with Crippen molar-refractivity contribution < 1.29 is 19.7 Å². The minimum absolute atomic E-state index is 0.0922. The second-order valence-corrected chi connectivity index (χ2v) is 4.79. The molecule has 124 valence electrons. The Kier molecular flexibility index (Phi) is 26.4. The molecular formula is C16H36O4. The minimum Gasteiger partial charge on any atom is -0.396 e. The van der Waals surface area contributed by atoms with Crippen LogP contribution in [0, 0.1) is 0 Å². The van der Waals surface area contributed by atoms with Gasteiger partial charge in [0.25, 0.3) is 0 Å². The smallest absolute Gasteiger partial charge is 0.0701 e. The first kappa shape index (κ1) is 22.1. The summed E-state index contributed by atoms with van der Waals surface area (Å²) in [6.45, 7) is 7.26. The summed E-state index contributed by atoms with van der Waals surface area (Å²) < 4.78 is 10.2. The Bertz CT molecular complexity index is 128. The fourth-order valence-corrected chi connectivity index (χ4v) is 1.53. The van der Waals surface area contributed by atoms with Gasteiger partial charge in [0, 0.05) is 13.2 Å². The van der Waals surface area contributed by atoms with Crippen molar-refractivity contribution in [1.82, 2.24) is 0 Å². The molecule has 0 fully saturated rings. The highest BCUT2D eigenvalue weighted by molar-refractivity contribution is 4.41. The van der Waals surface area contributed by atoms with Gasteiger partial charge >= 0.3 is 0 Å². The lowest BCUT2D eigenvalue weighted by Crippen LogP contribution is -2.07. The number of aliphatic hydroxyl groups excluding tert-OH is 2. The molecule has 0 aromatic heterocycles. The zero-order chi connectivity index (χ0) is 15.3. The summed E-state index contributed by atoms with van der Waals surface area (Å²) in [7, 11) is 0. The van der Waals surface area contributed by atoms with Crippen molar-refractivity contribution in [1.29, 1.82) is 0 Å². The van der Waals surface area contributed by atoms with Crippen LogP contribution < -0.4 is 0 Å². The van der Waals surface area contributed by atoms with E-state index in [4.69, 9.17) is 19.7 Å². The summed E-state index contributed by atoms with van der Waals surface area (Å²) in [6.07, 6.45) is 9.77. The average Bonchev–Trinajstić information content (AvgIpc) is 2.47. The van der Waals surface area contributed by atoms with E-state index in [1.807, 2.05) is 0 Å². The molecule has 0 atom stereocenters. The third-order valence-electron chi connectivity index (χ3n) is 2.76. The lowest BCUT2D eigenvalue weighted by Gasteiger charge is -2.02. The van der Waals surface area contributed by atoms with Crippen LogP contribution in [0.2, 0.25) is 0 Å². The van der Waals surface area contributed by atoms with E-state index >= 15 is 0 Å². The third kappa shape index (κ3) is 26.4. The van der Waals surface area contributed by atoms with E-state index < -0.39 is 0 Å². The summed E-state index contributed by atoms with van der Waals surface area (Å²) in [6, 6.07) is 0. The van der Waals surface area contributed by atoms with E-state index in [-0.39, 0.29) is 6.61 Å². The Balaban J connectivity index is 0. The number of rotatable bonds is 14. The highest BCUT2D eigenvalue weighted by Gasteiger charge is 1.88. The fourth-order valence-electron chi connectivity index (χ4n) is 1.53. The molecule has 0 bridgehead atoms. The Labute approximate surface area is 125 Å². The van der Waals surface area contributed by atoms with E-state index in [2.05, 4.69) is 13.8 Å². The van der Waals surface area contributed by atoms with Crippen molar-refractivity contribution in [3.8, 4) is 0 Å². The van der Waals surface area contributed by atoms with E-state index in [1.54, 1.807) is 0 Å². The van der Waals surface area contributed by atoms with Gasteiger partial charge in [-0.2, -0.15) is 0 Å². The van der Waals surface area contributed by atoms with Crippen LogP contribution in [0.3, 0.4) is 0 Å². The molecule has 4 heteroatoms. The van der Waals surface area contributed by atoms with Gasteiger partial charge in [0.2, 0.25) is 0 Å². The SMILES string of the molecule is CCCCCCCCO.CCCCOCCOCCO. The first-order valence-electron chi connectivity index (χ1n) is 8.20. The molecule has 0 saturated carbocycles. The van der Waals surface area contributed by atoms with Crippen LogP contribution in [0.1, 0.15) is 65.2 Å². The zero-order valence-corrected chi connectivity index (χ0v) is 13.6. The molecule has 4 nitrogen and oxygen atoms in total. The molecule has 0 aromatic rings. The van der Waals surface area contributed by atoms with E-state index in [0.29, 0.717) is 26.4 Å². The molecule has 0 amide bonds. The molecule has 2 N–H and O–H groups in total. The highest BCUT2D eigenvalue weighted by Crippen LogP contribution is 2.03. The molecule has 0 heterocycles. The van der Waals surface area contributed by atoms with Gasteiger partial charge in [0.05, 0.1) is 26.4 Å². The van der Waals surface area contributed by atoms with Gasteiger partial charge in [-0.25, -0.2) is 0 Å². The minimum atomic E-state index is 0.0922. The maximum atomic E-state index is 8.42. The zero-order valence-electron chi connectivity index (χ0n) is 13.6. The second-order valence-electron chi connectivity index (χ2n) is 4.79. The fraction of sp³-hybridized carbons (Fsp3) is 1.00. The molecule has 0 unspecified atom stereocenters. The van der Waals surface area contributed by atoms with Gasteiger partial charge in [-0.3, -0.25) is 0 Å². The van der Waals surface area contributed by atoms with Crippen LogP contribution in [-0.2, 0) is 9.47 Å². The molecular weight excluding hydrogens is 256 g/mol. The normalized spacial score (nSPS) is 10.2. The van der Waals surface area contributed by atoms with Gasteiger partial charge in [0.15, 0.2) is 0 Å². The topological polar surface area (TPSA) is 58.9 Å². The Morgan fingerprint density at radius 2 is 1.10 bits per heavy atom. The van der Waals surface area contributed by atoms with Crippen LogP contribution in [0.5, 0.6) is 0 Å². The van der Waals surface area contributed by atoms with Crippen LogP contribution in [-0.4, -0.2) is 49.9 Å². The van der Waals surface area contributed by atoms with Gasteiger partial charge in [-0.05, 0) is 12.8 Å². The van der Waals surface area contributed by atoms with Crippen molar-refractivity contribution in [2.45, 2.75) is 65.2 Å². The van der Waals surface area contributed by atoms with Gasteiger partial charge in [0.1, 0.15) is 0 Å². The van der Waals surface area contributed by atoms with Crippen molar-refractivity contribution in [2.24, 2.45) is 0 Å². The number of hydrogen-bond acceptors (Lipinski definition) is 4. The average molecular weight is 292 g/mol. The Hall–Kier alpha value is -0.160. The van der Waals surface area contributed by atoms with E-state index in [9.17, 15) is 0 Å². The highest BCUT2D eigenvalue weighted by atomic mass is 16.5. The first-order valence-corrected chi connectivity index (χ1v) is 8.20. The molecule has 0 aliphatic carbocycles. The number of hydrogen-bond donors (Lipinski definition) is 2. The largest absolute Gasteiger partial charge is 0.396 e. The predicted molar refractivity (Wildman–Crippen MR) is 84.1 cm³/mol. The lowest BCUT2D eigenvalue weighted by atomic mass is 10.1. The van der Waals surface area contributed by atoms with Crippen molar-refractivity contribution in [3.63, 3.8) is 0 Å². The molecule has 20 heavy (non-hydrogen) atoms. The molecule has 0 saturated heterocycles. The predicted octanol–water partition coefficient (Wildman–Crippen LogP) is 3.15. The Morgan fingerprint density at radius 3 is 1.65 bits per heavy atom. The summed E-state index contributed by atoms with van der Waals surface area (Å²) in [4.78, 5) is 0. The second kappa shape index (κ2) is 23.9. The van der Waals surface area contributed by atoms with Crippen molar-refractivity contribution in [2.75, 3.05) is 39.6 Å². The maximum Gasteiger partial charge on any atom is 0.0701 e. The molecule has 0 spiro atoms. The molecule has 0 rings (SSSR count). The summed E-state index contributed by atoms with van der Waals surface area (Å²) >= 11 is 0. The van der Waals surface area contributed by atoms with E-state index in [0.717, 1.165) is 25.9 Å². The van der Waals surface area contributed by atoms with Crippen LogP contribution in [0.4, 0.5) is 0 Å². The number of ether oxygens (including phenoxy) is 2. The summed E-state index contributed by atoms with van der Waals surface area (Å²) in [5, 5.41) is 16.8. The Morgan fingerprint density at radius 1 is 0.550 bits per heavy atom. The van der Waals surface area contributed by atoms with Gasteiger partial charge in [-0.1, -0.05) is 52.4 Å². The van der Waals surface area contributed by atoms with Crippen molar-refractivity contribution in [3.05, 3.63) is 0 Å². The summed E-state index contributed by atoms with van der Waals surface area (Å²) in [5.74, 6) is 0. The van der Waals surface area contributed by atoms with Crippen molar-refractivity contribution >= 4 is 0 Å². The summed E-state index contributed by atoms with van der Waals surface area (Å²) in [5.41, 5.74) is 0. The van der Waals surface area contributed by atoms with Crippen LogP contribution >= 0.6 is 0 Å². The third-order valence-corrected chi connectivity index (χ3v) is 2.76. The molecule has 0 radical (unpaired) electrons. The quantitative estimate of drug-likeness (QED) is 0.483. The molecule has 0 aromatic carbocycles. The maximum absolute atomic E-state index is 8.42. The van der Waals surface area contributed by atoms with Crippen LogP contribution in [0.25, 0.3) is 0 Å².